The molecule has 0 unspecified atom stereocenters. The van der Waals surface area contributed by atoms with Crippen LogP contribution in [-0.4, -0.2) is 5.11 Å². The van der Waals surface area contributed by atoms with Gasteiger partial charge in [-0.1, -0.05) is 94.7 Å². The van der Waals surface area contributed by atoms with Crippen molar-refractivity contribution in [1.29, 1.82) is 0 Å². The van der Waals surface area contributed by atoms with Crippen molar-refractivity contribution >= 4 is 0 Å². The summed E-state index contributed by atoms with van der Waals surface area (Å²) in [6.07, 6.45) is 21.5. The first kappa shape index (κ1) is 19.8. The molecule has 0 atom stereocenters. The van der Waals surface area contributed by atoms with Crippen molar-refractivity contribution in [3.63, 3.8) is 0 Å². The molecule has 2 saturated carbocycles. The summed E-state index contributed by atoms with van der Waals surface area (Å²) in [5, 5.41) is 11.3. The van der Waals surface area contributed by atoms with E-state index >= 15 is 0 Å². The first-order valence-corrected chi connectivity index (χ1v) is 11.6. The molecule has 1 N–H and O–H groups in total. The molecule has 0 radical (unpaired) electrons. The molecular weight excluding hydrogens is 316 g/mol. The summed E-state index contributed by atoms with van der Waals surface area (Å²) in [5.41, 5.74) is 3.91. The van der Waals surface area contributed by atoms with Crippen molar-refractivity contribution in [2.24, 2.45) is 0 Å². The Labute approximate surface area is 161 Å². The van der Waals surface area contributed by atoms with Crippen LogP contribution >= 0.6 is 0 Å². The fourth-order valence-corrected chi connectivity index (χ4v) is 5.35. The maximum atomic E-state index is 11.3. The lowest BCUT2D eigenvalue weighted by Crippen LogP contribution is -2.06. The second-order valence-corrected chi connectivity index (χ2v) is 9.08. The molecule has 0 aliphatic heterocycles. The molecule has 26 heavy (non-hydrogen) atoms. The summed E-state index contributed by atoms with van der Waals surface area (Å²) in [7, 11) is 0. The first-order chi connectivity index (χ1) is 12.8. The molecule has 0 spiro atoms. The summed E-state index contributed by atoms with van der Waals surface area (Å²) in [6.45, 7) is 2.23. The molecule has 0 heterocycles. The molecule has 3 rings (SSSR count). The predicted octanol–water partition coefficient (Wildman–Crippen LogP) is 8.14. The fraction of sp³-hybridized carbons (Fsp3) is 0.760. The Bertz CT molecular complexity index is 482. The Hall–Kier alpha value is -0.980. The van der Waals surface area contributed by atoms with Gasteiger partial charge < -0.3 is 5.11 Å². The maximum Gasteiger partial charge on any atom is 0.122 e. The highest BCUT2D eigenvalue weighted by Crippen LogP contribution is 2.42. The predicted molar refractivity (Wildman–Crippen MR) is 112 cm³/mol. The minimum Gasteiger partial charge on any atom is -0.507 e. The van der Waals surface area contributed by atoms with Crippen LogP contribution in [0.4, 0.5) is 0 Å². The number of benzene rings is 1. The molecule has 0 saturated heterocycles. The lowest BCUT2D eigenvalue weighted by molar-refractivity contribution is 0.427. The van der Waals surface area contributed by atoms with Gasteiger partial charge in [-0.3, -0.25) is 0 Å². The van der Waals surface area contributed by atoms with E-state index in [0.717, 1.165) is 0 Å². The number of hydrogen-bond donors (Lipinski definition) is 1. The Morgan fingerprint density at radius 2 is 0.885 bits per heavy atom. The highest BCUT2D eigenvalue weighted by Gasteiger charge is 2.23. The summed E-state index contributed by atoms with van der Waals surface area (Å²) < 4.78 is 0. The van der Waals surface area contributed by atoms with Crippen LogP contribution in [0.3, 0.4) is 0 Å². The van der Waals surface area contributed by atoms with Gasteiger partial charge in [-0.2, -0.15) is 0 Å². The van der Waals surface area contributed by atoms with Crippen LogP contribution in [-0.2, 0) is 0 Å². The number of aromatic hydroxyl groups is 1. The van der Waals surface area contributed by atoms with Crippen molar-refractivity contribution in [3.05, 3.63) is 28.8 Å². The normalized spacial score (nSPS) is 22.5. The first-order valence-electron chi connectivity index (χ1n) is 11.6. The van der Waals surface area contributed by atoms with Gasteiger partial charge in [0, 0.05) is 0 Å². The Morgan fingerprint density at radius 3 is 1.23 bits per heavy atom. The van der Waals surface area contributed by atoms with Gasteiger partial charge in [-0.05, 0) is 55.6 Å². The van der Waals surface area contributed by atoms with E-state index in [0.29, 0.717) is 17.6 Å². The summed E-state index contributed by atoms with van der Waals surface area (Å²) in [5.74, 6) is 1.82. The molecule has 1 aromatic rings. The quantitative estimate of drug-likeness (QED) is 0.567. The number of rotatable bonds is 2. The Balaban J connectivity index is 1.84. The molecule has 2 fully saturated rings. The molecule has 2 aliphatic carbocycles. The molecule has 0 bridgehead atoms. The van der Waals surface area contributed by atoms with Crippen LogP contribution < -0.4 is 0 Å². The van der Waals surface area contributed by atoms with Crippen molar-refractivity contribution in [2.45, 2.75) is 121 Å². The lowest BCUT2D eigenvalue weighted by atomic mass is 9.82. The number of phenols is 1. The van der Waals surface area contributed by atoms with E-state index < -0.39 is 0 Å². The fourth-order valence-electron chi connectivity index (χ4n) is 5.35. The second kappa shape index (κ2) is 10.4. The average Bonchev–Trinajstić information content (AvgIpc) is 2.86. The molecular formula is C25H40O. The van der Waals surface area contributed by atoms with Crippen molar-refractivity contribution in [3.8, 4) is 5.75 Å². The minimum atomic E-state index is 0.572. The summed E-state index contributed by atoms with van der Waals surface area (Å²) >= 11 is 0. The molecule has 2 aliphatic rings. The van der Waals surface area contributed by atoms with Gasteiger partial charge >= 0.3 is 0 Å². The van der Waals surface area contributed by atoms with E-state index in [-0.39, 0.29) is 0 Å². The minimum absolute atomic E-state index is 0.572. The third-order valence-electron chi connectivity index (χ3n) is 6.90. The molecule has 1 heteroatoms. The second-order valence-electron chi connectivity index (χ2n) is 9.08. The van der Waals surface area contributed by atoms with E-state index in [1.165, 1.54) is 119 Å². The molecule has 1 aromatic carbocycles. The molecule has 1 nitrogen and oxygen atoms in total. The van der Waals surface area contributed by atoms with Crippen molar-refractivity contribution in [1.82, 2.24) is 0 Å². The smallest absolute Gasteiger partial charge is 0.122 e. The maximum absolute atomic E-state index is 11.3. The van der Waals surface area contributed by atoms with Gasteiger partial charge in [0.15, 0.2) is 0 Å². The van der Waals surface area contributed by atoms with Gasteiger partial charge in [0.1, 0.15) is 5.75 Å². The molecule has 146 valence electrons. The standard InChI is InChI=1S/C25H40O/c1-20-18-23(21-14-10-6-2-3-7-11-15-21)25(26)24(19-20)22-16-12-8-4-5-9-13-17-22/h18-19,21-22,26H,2-17H2,1H3. The van der Waals surface area contributed by atoms with E-state index in [9.17, 15) is 5.11 Å². The van der Waals surface area contributed by atoms with E-state index in [4.69, 9.17) is 0 Å². The number of phenolic OH excluding ortho intramolecular Hbond substituents is 1. The van der Waals surface area contributed by atoms with Crippen LogP contribution in [0, 0.1) is 6.92 Å². The Morgan fingerprint density at radius 1 is 0.577 bits per heavy atom. The van der Waals surface area contributed by atoms with Crippen LogP contribution in [0.2, 0.25) is 0 Å². The molecule has 0 aromatic heterocycles. The van der Waals surface area contributed by atoms with Gasteiger partial charge in [-0.25, -0.2) is 0 Å². The van der Waals surface area contributed by atoms with E-state index in [1.807, 2.05) is 0 Å². The van der Waals surface area contributed by atoms with Crippen LogP contribution in [0.1, 0.15) is 131 Å². The topological polar surface area (TPSA) is 20.2 Å². The zero-order chi connectivity index (χ0) is 18.2. The largest absolute Gasteiger partial charge is 0.507 e. The summed E-state index contributed by atoms with van der Waals surface area (Å²) in [4.78, 5) is 0. The lowest BCUT2D eigenvalue weighted by Gasteiger charge is -2.24. The van der Waals surface area contributed by atoms with Gasteiger partial charge in [0.2, 0.25) is 0 Å². The van der Waals surface area contributed by atoms with Gasteiger partial charge in [0.05, 0.1) is 0 Å². The number of hydrogen-bond acceptors (Lipinski definition) is 1. The third kappa shape index (κ3) is 5.51. The zero-order valence-corrected chi connectivity index (χ0v) is 17.1. The third-order valence-corrected chi connectivity index (χ3v) is 6.90. The van der Waals surface area contributed by atoms with Crippen LogP contribution in [0.5, 0.6) is 5.75 Å². The number of aryl methyl sites for hydroxylation is 1. The van der Waals surface area contributed by atoms with Crippen LogP contribution in [0.25, 0.3) is 0 Å². The molecule has 0 amide bonds. The van der Waals surface area contributed by atoms with E-state index in [1.54, 1.807) is 0 Å². The zero-order valence-electron chi connectivity index (χ0n) is 17.1. The average molecular weight is 357 g/mol. The van der Waals surface area contributed by atoms with Crippen molar-refractivity contribution < 1.29 is 5.11 Å². The monoisotopic (exact) mass is 356 g/mol. The SMILES string of the molecule is Cc1cc(C2CCCCCCCC2)c(O)c(C2CCCCCCCC2)c1. The Kier molecular flexibility index (Phi) is 7.89. The van der Waals surface area contributed by atoms with Gasteiger partial charge in [0.25, 0.3) is 0 Å². The highest BCUT2D eigenvalue weighted by atomic mass is 16.3. The van der Waals surface area contributed by atoms with Gasteiger partial charge in [-0.15, -0.1) is 0 Å². The van der Waals surface area contributed by atoms with Crippen LogP contribution in [0.15, 0.2) is 12.1 Å². The van der Waals surface area contributed by atoms with E-state index in [2.05, 4.69) is 19.1 Å². The highest BCUT2D eigenvalue weighted by molar-refractivity contribution is 5.47. The van der Waals surface area contributed by atoms with Crippen molar-refractivity contribution in [2.75, 3.05) is 0 Å². The summed E-state index contributed by atoms with van der Waals surface area (Å²) in [6, 6.07) is 4.60.